The Kier molecular flexibility index (Phi) is 5.98. The van der Waals surface area contributed by atoms with Gasteiger partial charge >= 0.3 is 0 Å². The summed E-state index contributed by atoms with van der Waals surface area (Å²) in [7, 11) is 1.50. The number of nitrogens with two attached hydrogens (primary N) is 2. The zero-order chi connectivity index (χ0) is 18.6. The molecule has 0 amide bonds. The van der Waals surface area contributed by atoms with Crippen molar-refractivity contribution in [1.82, 2.24) is 14.5 Å². The van der Waals surface area contributed by atoms with E-state index >= 15 is 0 Å². The molecule has 0 unspecified atom stereocenters. The average Bonchev–Trinajstić information content (AvgIpc) is 2.92. The first-order valence-corrected chi connectivity index (χ1v) is 8.59. The maximum Gasteiger partial charge on any atom is 0.152 e. The molecule has 25 heavy (non-hydrogen) atoms. The Morgan fingerprint density at radius 1 is 1.12 bits per heavy atom. The van der Waals surface area contributed by atoms with Crippen LogP contribution in [0.3, 0.4) is 0 Å². The number of ether oxygens (including phenoxy) is 1. The molecule has 4 N–H and O–H groups in total. The summed E-state index contributed by atoms with van der Waals surface area (Å²) in [5.74, 6) is 1.38. The fourth-order valence-electron chi connectivity index (χ4n) is 2.85. The Morgan fingerprint density at radius 3 is 2.44 bits per heavy atom. The maximum atomic E-state index is 6.17. The van der Waals surface area contributed by atoms with Crippen molar-refractivity contribution in [2.45, 2.75) is 40.8 Å². The van der Waals surface area contributed by atoms with Crippen molar-refractivity contribution >= 4 is 27.8 Å². The number of benzene rings is 1. The molecule has 0 aliphatic carbocycles. The minimum Gasteiger partial charge on any atom is -0.382 e. The van der Waals surface area contributed by atoms with Gasteiger partial charge in [0.05, 0.1) is 11.0 Å². The molecule has 1 aromatic carbocycles. The van der Waals surface area contributed by atoms with Gasteiger partial charge < -0.3 is 20.8 Å². The molecule has 0 aliphatic heterocycles. The molecule has 2 heterocycles. The smallest absolute Gasteiger partial charge is 0.152 e. The van der Waals surface area contributed by atoms with Gasteiger partial charge in [0, 0.05) is 18.5 Å². The quantitative estimate of drug-likeness (QED) is 0.758. The molecule has 3 rings (SSSR count). The van der Waals surface area contributed by atoms with Crippen LogP contribution in [0.15, 0.2) is 24.3 Å². The van der Waals surface area contributed by atoms with E-state index in [0.717, 1.165) is 34.3 Å². The lowest BCUT2D eigenvalue weighted by molar-refractivity contribution is 0.124. The van der Waals surface area contributed by atoms with E-state index in [0.29, 0.717) is 19.0 Å². The molecular formula is C19H29N5O. The van der Waals surface area contributed by atoms with Gasteiger partial charge in [0.2, 0.25) is 0 Å². The highest BCUT2D eigenvalue weighted by molar-refractivity contribution is 6.06. The molecule has 0 bridgehead atoms. The fraction of sp³-hybridized carbons (Fsp3) is 0.474. The van der Waals surface area contributed by atoms with E-state index in [1.54, 1.807) is 0 Å². The first kappa shape index (κ1) is 19.1. The van der Waals surface area contributed by atoms with E-state index in [1.807, 2.05) is 25.1 Å². The Balaban J connectivity index is 0.00000109. The molecule has 6 nitrogen and oxygen atoms in total. The summed E-state index contributed by atoms with van der Waals surface area (Å²) >= 11 is 0. The molecule has 6 heteroatoms. The summed E-state index contributed by atoms with van der Waals surface area (Å²) in [5.41, 5.74) is 13.5. The molecule has 0 spiro atoms. The summed E-state index contributed by atoms with van der Waals surface area (Å²) in [6.45, 7) is 10.6. The monoisotopic (exact) mass is 343 g/mol. The highest BCUT2D eigenvalue weighted by Crippen LogP contribution is 2.31. The van der Waals surface area contributed by atoms with E-state index in [4.69, 9.17) is 15.5 Å². The molecular weight excluding hydrogens is 314 g/mol. The number of aromatic nitrogens is 3. The van der Waals surface area contributed by atoms with Gasteiger partial charge in [-0.1, -0.05) is 39.0 Å². The second-order valence-electron chi connectivity index (χ2n) is 7.02. The predicted molar refractivity (Wildman–Crippen MR) is 104 cm³/mol. The zero-order valence-electron chi connectivity index (χ0n) is 15.8. The third-order valence-corrected chi connectivity index (χ3v) is 3.76. The lowest BCUT2D eigenvalue weighted by Crippen LogP contribution is -2.18. The number of nitrogens with zero attached hydrogens (tertiary/aromatic N) is 3. The highest BCUT2D eigenvalue weighted by Gasteiger charge is 2.21. The predicted octanol–water partition coefficient (Wildman–Crippen LogP) is 3.32. The van der Waals surface area contributed by atoms with Crippen LogP contribution in [0.5, 0.6) is 0 Å². The molecule has 2 aromatic heterocycles. The largest absolute Gasteiger partial charge is 0.382 e. The summed E-state index contributed by atoms with van der Waals surface area (Å²) < 4.78 is 7.85. The maximum absolute atomic E-state index is 6.17. The summed E-state index contributed by atoms with van der Waals surface area (Å²) in [6.07, 6.45) is 0. The molecule has 0 radical (unpaired) electrons. The number of pyridine rings is 1. The highest BCUT2D eigenvalue weighted by atomic mass is 16.5. The van der Waals surface area contributed by atoms with Crippen LogP contribution in [0.25, 0.3) is 21.9 Å². The minimum atomic E-state index is 0.119. The van der Waals surface area contributed by atoms with Crippen LogP contribution in [0, 0.1) is 5.41 Å². The number of hydrogen-bond donors (Lipinski definition) is 2. The molecule has 0 atom stereocenters. The van der Waals surface area contributed by atoms with Crippen LogP contribution < -0.4 is 11.5 Å². The van der Waals surface area contributed by atoms with Crippen LogP contribution in [-0.4, -0.2) is 28.2 Å². The minimum absolute atomic E-state index is 0.119. The molecule has 136 valence electrons. The van der Waals surface area contributed by atoms with Crippen molar-refractivity contribution in [1.29, 1.82) is 0 Å². The average molecular weight is 343 g/mol. The van der Waals surface area contributed by atoms with Crippen LogP contribution in [0.1, 0.15) is 33.5 Å². The van der Waals surface area contributed by atoms with Gasteiger partial charge in [0.25, 0.3) is 0 Å². The number of hydrogen-bond acceptors (Lipinski definition) is 5. The van der Waals surface area contributed by atoms with E-state index < -0.39 is 0 Å². The Hall–Kier alpha value is -2.18. The number of rotatable bonds is 4. The molecule has 0 saturated heterocycles. The van der Waals surface area contributed by atoms with Gasteiger partial charge in [0.1, 0.15) is 17.9 Å². The number of nitrogen functional groups attached to an aromatic ring is 1. The van der Waals surface area contributed by atoms with E-state index in [2.05, 4.69) is 42.1 Å². The molecule has 3 aromatic rings. The SMILES string of the molecule is CCOCc1nc2c(N)nc3ccccc3c2n1CC(C)(C)C.CN. The third-order valence-electron chi connectivity index (χ3n) is 3.76. The lowest BCUT2D eigenvalue weighted by atomic mass is 9.96. The van der Waals surface area contributed by atoms with Crippen molar-refractivity contribution in [3.8, 4) is 0 Å². The van der Waals surface area contributed by atoms with Gasteiger partial charge in [0.15, 0.2) is 5.82 Å². The first-order valence-electron chi connectivity index (χ1n) is 8.59. The van der Waals surface area contributed by atoms with E-state index in [-0.39, 0.29) is 5.41 Å². The van der Waals surface area contributed by atoms with Gasteiger partial charge in [-0.2, -0.15) is 0 Å². The van der Waals surface area contributed by atoms with Gasteiger partial charge in [-0.05, 0) is 25.5 Å². The van der Waals surface area contributed by atoms with Gasteiger partial charge in [-0.15, -0.1) is 0 Å². The van der Waals surface area contributed by atoms with Crippen molar-refractivity contribution in [2.24, 2.45) is 11.1 Å². The second kappa shape index (κ2) is 7.80. The topological polar surface area (TPSA) is 92.0 Å². The van der Waals surface area contributed by atoms with Crippen LogP contribution in [0.4, 0.5) is 5.82 Å². The summed E-state index contributed by atoms with van der Waals surface area (Å²) in [5, 5.41) is 1.08. The van der Waals surface area contributed by atoms with Gasteiger partial charge in [-0.3, -0.25) is 0 Å². The number of anilines is 1. The Bertz CT molecular complexity index is 848. The van der Waals surface area contributed by atoms with E-state index in [9.17, 15) is 0 Å². The first-order chi connectivity index (χ1) is 11.9. The molecule has 0 aliphatic rings. The standard InChI is InChI=1S/C18H24N4O.CH5N/c1-5-23-10-14-21-15-16(22(14)11-18(2,3)4)12-8-6-7-9-13(12)20-17(15)19;1-2/h6-9H,5,10-11H2,1-4H3,(H2,19,20);2H2,1H3. The fourth-order valence-corrected chi connectivity index (χ4v) is 2.85. The zero-order valence-corrected chi connectivity index (χ0v) is 15.8. The van der Waals surface area contributed by atoms with Crippen molar-refractivity contribution < 1.29 is 4.74 Å². The summed E-state index contributed by atoms with van der Waals surface area (Å²) in [6, 6.07) is 8.07. The van der Waals surface area contributed by atoms with Crippen molar-refractivity contribution in [2.75, 3.05) is 19.4 Å². The third kappa shape index (κ3) is 4.08. The van der Waals surface area contributed by atoms with E-state index in [1.165, 1.54) is 7.05 Å². The van der Waals surface area contributed by atoms with Crippen LogP contribution in [-0.2, 0) is 17.9 Å². The van der Waals surface area contributed by atoms with Crippen molar-refractivity contribution in [3.05, 3.63) is 30.1 Å². The van der Waals surface area contributed by atoms with Crippen LogP contribution >= 0.6 is 0 Å². The van der Waals surface area contributed by atoms with Gasteiger partial charge in [-0.25, -0.2) is 9.97 Å². The lowest BCUT2D eigenvalue weighted by Gasteiger charge is -2.21. The molecule has 0 saturated carbocycles. The Labute approximate surface area is 149 Å². The number of para-hydroxylation sites is 1. The van der Waals surface area contributed by atoms with Crippen molar-refractivity contribution in [3.63, 3.8) is 0 Å². The second-order valence-corrected chi connectivity index (χ2v) is 7.02. The molecule has 0 fully saturated rings. The summed E-state index contributed by atoms with van der Waals surface area (Å²) in [4.78, 5) is 9.23. The normalized spacial score (nSPS) is 11.6. The Morgan fingerprint density at radius 2 is 1.80 bits per heavy atom. The number of imidazole rings is 1. The van der Waals surface area contributed by atoms with Crippen LogP contribution in [0.2, 0.25) is 0 Å². The number of fused-ring (bicyclic) bond motifs is 3.